The molecule has 2 aromatic carbocycles. The standard InChI is InChI=1S/C21H26N2O5S/c1-14(2)17-7-9-18(10-8-17)22-20(24)13-28-21(25)16(4)23-29(26,27)19-11-5-15(3)6-12-19/h5-12,14,16,23H,13H2,1-4H3,(H,22,24)/t16-/m0/s1. The molecule has 0 unspecified atom stereocenters. The Labute approximate surface area is 171 Å². The molecule has 2 rings (SSSR count). The summed E-state index contributed by atoms with van der Waals surface area (Å²) in [7, 11) is -3.87. The Morgan fingerprint density at radius 2 is 1.55 bits per heavy atom. The van der Waals surface area contributed by atoms with Crippen molar-refractivity contribution in [2.75, 3.05) is 11.9 Å². The van der Waals surface area contributed by atoms with Crippen LogP contribution >= 0.6 is 0 Å². The van der Waals surface area contributed by atoms with Crippen molar-refractivity contribution in [3.8, 4) is 0 Å². The summed E-state index contributed by atoms with van der Waals surface area (Å²) < 4.78 is 31.8. The van der Waals surface area contributed by atoms with Gasteiger partial charge in [0.1, 0.15) is 6.04 Å². The zero-order valence-corrected chi connectivity index (χ0v) is 17.7. The SMILES string of the molecule is Cc1ccc(S(=O)(=O)N[C@@H](C)C(=O)OCC(=O)Nc2ccc(C(C)C)cc2)cc1. The zero-order chi connectivity index (χ0) is 21.6. The monoisotopic (exact) mass is 418 g/mol. The van der Waals surface area contributed by atoms with E-state index in [-0.39, 0.29) is 4.90 Å². The van der Waals surface area contributed by atoms with E-state index in [0.29, 0.717) is 11.6 Å². The highest BCUT2D eigenvalue weighted by molar-refractivity contribution is 7.89. The maximum Gasteiger partial charge on any atom is 0.324 e. The third-order valence-electron chi connectivity index (χ3n) is 4.22. The fraction of sp³-hybridized carbons (Fsp3) is 0.333. The molecule has 0 aliphatic carbocycles. The lowest BCUT2D eigenvalue weighted by molar-refractivity contribution is -0.148. The van der Waals surface area contributed by atoms with Crippen LogP contribution in [0.4, 0.5) is 5.69 Å². The quantitative estimate of drug-likeness (QED) is 0.642. The molecule has 0 saturated heterocycles. The Morgan fingerprint density at radius 3 is 2.10 bits per heavy atom. The molecule has 0 aliphatic heterocycles. The van der Waals surface area contributed by atoms with Crippen LogP contribution in [0.25, 0.3) is 0 Å². The largest absolute Gasteiger partial charge is 0.454 e. The highest BCUT2D eigenvalue weighted by atomic mass is 32.2. The van der Waals surface area contributed by atoms with Crippen LogP contribution in [-0.4, -0.2) is 32.9 Å². The summed E-state index contributed by atoms with van der Waals surface area (Å²) in [5.41, 5.74) is 2.65. The Morgan fingerprint density at radius 1 is 0.966 bits per heavy atom. The lowest BCUT2D eigenvalue weighted by atomic mass is 10.0. The predicted octanol–water partition coefficient (Wildman–Crippen LogP) is 2.97. The van der Waals surface area contributed by atoms with Crippen LogP contribution in [-0.2, 0) is 24.3 Å². The fourth-order valence-electron chi connectivity index (χ4n) is 2.48. The van der Waals surface area contributed by atoms with Crippen molar-refractivity contribution < 1.29 is 22.7 Å². The number of sulfonamides is 1. The molecule has 1 atom stereocenters. The van der Waals surface area contributed by atoms with Gasteiger partial charge in [-0.15, -0.1) is 0 Å². The number of carbonyl (C=O) groups excluding carboxylic acids is 2. The summed E-state index contributed by atoms with van der Waals surface area (Å²) in [6.07, 6.45) is 0. The Hall–Kier alpha value is -2.71. The first-order chi connectivity index (χ1) is 13.6. The van der Waals surface area contributed by atoms with Crippen LogP contribution in [0.15, 0.2) is 53.4 Å². The van der Waals surface area contributed by atoms with Crippen LogP contribution in [0.2, 0.25) is 0 Å². The molecule has 0 heterocycles. The lowest BCUT2D eigenvalue weighted by Gasteiger charge is -2.14. The number of benzene rings is 2. The molecular weight excluding hydrogens is 392 g/mol. The Balaban J connectivity index is 1.85. The average molecular weight is 419 g/mol. The van der Waals surface area contributed by atoms with Crippen LogP contribution < -0.4 is 10.0 Å². The van der Waals surface area contributed by atoms with Crippen LogP contribution in [0, 0.1) is 6.92 Å². The number of hydrogen-bond donors (Lipinski definition) is 2. The molecule has 0 aromatic heterocycles. The van der Waals surface area contributed by atoms with E-state index in [1.165, 1.54) is 19.1 Å². The first-order valence-corrected chi connectivity index (χ1v) is 10.7. The zero-order valence-electron chi connectivity index (χ0n) is 16.9. The van der Waals surface area contributed by atoms with Crippen molar-refractivity contribution in [1.82, 2.24) is 4.72 Å². The van der Waals surface area contributed by atoms with Crippen molar-refractivity contribution >= 4 is 27.6 Å². The highest BCUT2D eigenvalue weighted by Gasteiger charge is 2.23. The summed E-state index contributed by atoms with van der Waals surface area (Å²) in [5, 5.41) is 2.63. The molecule has 0 bridgehead atoms. The maximum absolute atomic E-state index is 12.3. The van der Waals surface area contributed by atoms with Crippen molar-refractivity contribution in [2.24, 2.45) is 0 Å². The molecule has 7 nitrogen and oxygen atoms in total. The van der Waals surface area contributed by atoms with Gasteiger partial charge in [-0.3, -0.25) is 9.59 Å². The van der Waals surface area contributed by atoms with Crippen LogP contribution in [0.5, 0.6) is 0 Å². The minimum absolute atomic E-state index is 0.0466. The van der Waals surface area contributed by atoms with Crippen molar-refractivity contribution in [1.29, 1.82) is 0 Å². The van der Waals surface area contributed by atoms with Gasteiger partial charge in [0, 0.05) is 5.69 Å². The van der Waals surface area contributed by atoms with E-state index < -0.39 is 34.5 Å². The summed E-state index contributed by atoms with van der Waals surface area (Å²) in [4.78, 5) is 24.1. The van der Waals surface area contributed by atoms with E-state index >= 15 is 0 Å². The van der Waals surface area contributed by atoms with Gasteiger partial charge in [-0.2, -0.15) is 4.72 Å². The topological polar surface area (TPSA) is 102 Å². The average Bonchev–Trinajstić information content (AvgIpc) is 2.66. The highest BCUT2D eigenvalue weighted by Crippen LogP contribution is 2.17. The summed E-state index contributed by atoms with van der Waals surface area (Å²) in [6, 6.07) is 12.5. The van der Waals surface area contributed by atoms with Gasteiger partial charge in [-0.25, -0.2) is 8.42 Å². The first kappa shape index (κ1) is 22.6. The van der Waals surface area contributed by atoms with Crippen LogP contribution in [0.1, 0.15) is 37.8 Å². The van der Waals surface area contributed by atoms with E-state index in [9.17, 15) is 18.0 Å². The van der Waals surface area contributed by atoms with E-state index in [0.717, 1.165) is 11.1 Å². The maximum atomic E-state index is 12.3. The van der Waals surface area contributed by atoms with E-state index in [4.69, 9.17) is 4.74 Å². The Bertz CT molecular complexity index is 952. The number of esters is 1. The molecule has 0 spiro atoms. The summed E-state index contributed by atoms with van der Waals surface area (Å²) >= 11 is 0. The minimum atomic E-state index is -3.87. The van der Waals surface area contributed by atoms with Crippen LogP contribution in [0.3, 0.4) is 0 Å². The molecule has 0 saturated carbocycles. The van der Waals surface area contributed by atoms with Crippen molar-refractivity contribution in [3.05, 3.63) is 59.7 Å². The third-order valence-corrected chi connectivity index (χ3v) is 5.78. The number of carbonyl (C=O) groups is 2. The molecule has 0 aliphatic rings. The van der Waals surface area contributed by atoms with Gasteiger partial charge < -0.3 is 10.1 Å². The lowest BCUT2D eigenvalue weighted by Crippen LogP contribution is -2.40. The molecule has 2 N–H and O–H groups in total. The third kappa shape index (κ3) is 6.69. The second kappa shape index (κ2) is 9.67. The van der Waals surface area contributed by atoms with Gasteiger partial charge >= 0.3 is 5.97 Å². The second-order valence-electron chi connectivity index (χ2n) is 7.09. The van der Waals surface area contributed by atoms with Crippen molar-refractivity contribution in [3.63, 3.8) is 0 Å². The minimum Gasteiger partial charge on any atom is -0.454 e. The molecule has 0 fully saturated rings. The van der Waals surface area contributed by atoms with Crippen molar-refractivity contribution in [2.45, 2.75) is 44.6 Å². The number of anilines is 1. The number of ether oxygens (including phenoxy) is 1. The number of amides is 1. The van der Waals surface area contributed by atoms with Gasteiger partial charge in [0.25, 0.3) is 5.91 Å². The van der Waals surface area contributed by atoms with E-state index in [1.54, 1.807) is 24.3 Å². The predicted molar refractivity (Wildman–Crippen MR) is 111 cm³/mol. The molecule has 2 aromatic rings. The van der Waals surface area contributed by atoms with Gasteiger partial charge in [-0.05, 0) is 49.6 Å². The second-order valence-corrected chi connectivity index (χ2v) is 8.80. The van der Waals surface area contributed by atoms with Gasteiger partial charge in [0.05, 0.1) is 4.90 Å². The van der Waals surface area contributed by atoms with E-state index in [1.807, 2.05) is 19.1 Å². The number of aryl methyl sites for hydroxylation is 1. The summed E-state index contributed by atoms with van der Waals surface area (Å²) in [6.45, 7) is 6.83. The first-order valence-electron chi connectivity index (χ1n) is 9.24. The molecule has 29 heavy (non-hydrogen) atoms. The number of nitrogens with one attached hydrogen (secondary N) is 2. The van der Waals surface area contributed by atoms with E-state index in [2.05, 4.69) is 23.9 Å². The Kier molecular flexibility index (Phi) is 7.53. The van der Waals surface area contributed by atoms with Gasteiger partial charge in [-0.1, -0.05) is 43.7 Å². The molecule has 0 radical (unpaired) electrons. The van der Waals surface area contributed by atoms with Gasteiger partial charge in [0.2, 0.25) is 10.0 Å². The fourth-order valence-corrected chi connectivity index (χ4v) is 3.67. The number of hydrogen-bond acceptors (Lipinski definition) is 5. The number of rotatable bonds is 8. The molecule has 156 valence electrons. The smallest absolute Gasteiger partial charge is 0.324 e. The molecular formula is C21H26N2O5S. The molecule has 8 heteroatoms. The van der Waals surface area contributed by atoms with Gasteiger partial charge in [0.15, 0.2) is 6.61 Å². The molecule has 1 amide bonds. The summed E-state index contributed by atoms with van der Waals surface area (Å²) in [5.74, 6) is -0.971. The normalized spacial score (nSPS) is 12.4.